The Bertz CT molecular complexity index is 1290. The van der Waals surface area contributed by atoms with Crippen LogP contribution in [0.25, 0.3) is 0 Å². The van der Waals surface area contributed by atoms with Crippen molar-refractivity contribution in [3.63, 3.8) is 0 Å². The third-order valence-electron chi connectivity index (χ3n) is 9.86. The summed E-state index contributed by atoms with van der Waals surface area (Å²) in [6.45, 7) is 17.0. The third-order valence-corrected chi connectivity index (χ3v) is 9.86. The Kier molecular flexibility index (Phi) is 10.9. The number of hydrogen-bond donors (Lipinski definition) is 2. The van der Waals surface area contributed by atoms with Gasteiger partial charge in [-0.25, -0.2) is 0 Å². The molecule has 0 aromatic heterocycles. The molecular weight excluding hydrogens is 574 g/mol. The summed E-state index contributed by atoms with van der Waals surface area (Å²) < 4.78 is 12.4. The Morgan fingerprint density at radius 3 is 2.51 bits per heavy atom. The quantitative estimate of drug-likeness (QED) is 0.226. The molecule has 3 fully saturated rings. The number of anilines is 1. The number of hydrogen-bond acceptors (Lipinski definition) is 7. The van der Waals surface area contributed by atoms with Gasteiger partial charge in [-0.3, -0.25) is 19.2 Å². The average molecular weight is 624 g/mol. The number of carbonyl (C=O) groups is 4. The zero-order chi connectivity index (χ0) is 33.1. The van der Waals surface area contributed by atoms with Gasteiger partial charge in [0.1, 0.15) is 17.7 Å². The molecule has 246 valence electrons. The van der Waals surface area contributed by atoms with E-state index in [2.05, 4.69) is 18.5 Å². The number of aliphatic hydroxyl groups is 1. The number of allylic oxidation sites excluding steroid dienone is 1. The molecule has 0 saturated carbocycles. The average Bonchev–Trinajstić information content (AvgIpc) is 3.66. The first kappa shape index (κ1) is 34.4. The predicted octanol–water partition coefficient (Wildman–Crippen LogP) is 3.62. The Labute approximate surface area is 266 Å². The first-order valence-corrected chi connectivity index (χ1v) is 16.1. The van der Waals surface area contributed by atoms with Crippen LogP contribution in [-0.2, 0) is 28.7 Å². The molecule has 2 N–H and O–H groups in total. The third kappa shape index (κ3) is 6.31. The number of nitrogens with zero attached hydrogens (tertiary/aromatic N) is 2. The van der Waals surface area contributed by atoms with Crippen LogP contribution in [0.15, 0.2) is 43.5 Å². The Morgan fingerprint density at radius 2 is 1.91 bits per heavy atom. The fourth-order valence-corrected chi connectivity index (χ4v) is 7.51. The Hall–Kier alpha value is -3.50. The van der Waals surface area contributed by atoms with E-state index in [9.17, 15) is 24.3 Å². The maximum Gasteiger partial charge on any atom is 0.312 e. The summed E-state index contributed by atoms with van der Waals surface area (Å²) in [5.74, 6) is -3.41. The lowest BCUT2D eigenvalue weighted by Crippen LogP contribution is -2.60. The summed E-state index contributed by atoms with van der Waals surface area (Å²) in [6.07, 6.45) is 4.52. The van der Waals surface area contributed by atoms with E-state index >= 15 is 0 Å². The van der Waals surface area contributed by atoms with Gasteiger partial charge in [-0.2, -0.15) is 0 Å². The number of rotatable bonds is 15. The number of amides is 3. The van der Waals surface area contributed by atoms with Crippen molar-refractivity contribution in [3.8, 4) is 0 Å². The number of nitrogens with one attached hydrogen (secondary N) is 1. The number of carbonyl (C=O) groups excluding carboxylic acids is 4. The number of benzene rings is 1. The van der Waals surface area contributed by atoms with Crippen LogP contribution in [0.4, 0.5) is 5.69 Å². The van der Waals surface area contributed by atoms with Crippen molar-refractivity contribution in [1.29, 1.82) is 0 Å². The van der Waals surface area contributed by atoms with Crippen molar-refractivity contribution in [2.45, 2.75) is 96.6 Å². The maximum atomic E-state index is 14.9. The normalized spacial score (nSPS) is 27.0. The van der Waals surface area contributed by atoms with Gasteiger partial charge in [0, 0.05) is 18.7 Å². The smallest absolute Gasteiger partial charge is 0.312 e. The Balaban J connectivity index is 1.71. The summed E-state index contributed by atoms with van der Waals surface area (Å²) in [4.78, 5) is 58.4. The SMILES string of the molecule is C=CCCC(=O)NC[C@H](C)OC(=O)[C@@H]1[C@H]2C(=O)N([C@@H](CO)[C@@H](C)CC)[C@H](C(=O)N(CC=C)c3c(C)cccc3C)[C@]23CC[C@H]1O3. The number of fused-ring (bicyclic) bond motifs is 1. The molecule has 3 heterocycles. The van der Waals surface area contributed by atoms with Crippen LogP contribution in [0.1, 0.15) is 64.0 Å². The lowest BCUT2D eigenvalue weighted by molar-refractivity contribution is -0.160. The summed E-state index contributed by atoms with van der Waals surface area (Å²) in [5.41, 5.74) is 1.30. The molecule has 3 aliphatic heterocycles. The molecule has 8 atom stereocenters. The molecule has 3 amide bonds. The second-order valence-electron chi connectivity index (χ2n) is 12.8. The highest BCUT2D eigenvalue weighted by molar-refractivity contribution is 6.05. The number of aryl methyl sites for hydroxylation is 2. The van der Waals surface area contributed by atoms with Crippen LogP contribution in [0.5, 0.6) is 0 Å². The molecule has 10 heteroatoms. The molecule has 1 spiro atoms. The van der Waals surface area contributed by atoms with E-state index in [0.29, 0.717) is 32.1 Å². The highest BCUT2D eigenvalue weighted by Crippen LogP contribution is 2.59. The van der Waals surface area contributed by atoms with E-state index in [-0.39, 0.29) is 43.3 Å². The molecule has 10 nitrogen and oxygen atoms in total. The van der Waals surface area contributed by atoms with E-state index in [1.165, 1.54) is 4.90 Å². The van der Waals surface area contributed by atoms with Gasteiger partial charge in [-0.15, -0.1) is 13.2 Å². The monoisotopic (exact) mass is 623 g/mol. The zero-order valence-electron chi connectivity index (χ0n) is 27.3. The number of ether oxygens (including phenoxy) is 2. The molecule has 0 unspecified atom stereocenters. The first-order chi connectivity index (χ1) is 21.5. The molecule has 3 saturated heterocycles. The molecule has 45 heavy (non-hydrogen) atoms. The standard InChI is InChI=1S/C35H49N3O7/c1-8-11-15-27(40)36-19-24(7)44-34(43)28-26-16-17-35(45-26)29(28)32(41)38(25(20-39)21(4)10-3)31(35)33(42)37(18-9-2)30-22(5)13-12-14-23(30)6/h8-9,12-14,21,24-26,28-29,31,39H,1-2,10-11,15-20H2,3-7H3,(H,36,40)/t21-,24-,25-,26+,28-,29-,31+,35-/m0/s1. The molecule has 3 aliphatic rings. The molecule has 1 aromatic carbocycles. The van der Waals surface area contributed by atoms with Crippen molar-refractivity contribution in [3.05, 3.63) is 54.6 Å². The van der Waals surface area contributed by atoms with Gasteiger partial charge in [0.25, 0.3) is 5.91 Å². The van der Waals surface area contributed by atoms with Crippen LogP contribution in [-0.4, -0.2) is 83.3 Å². The molecule has 4 rings (SSSR count). The number of likely N-dealkylation sites (tertiary alicyclic amines) is 1. The molecule has 0 aliphatic carbocycles. The highest BCUT2D eigenvalue weighted by atomic mass is 16.6. The van der Waals surface area contributed by atoms with E-state index < -0.39 is 47.7 Å². The van der Waals surface area contributed by atoms with Gasteiger partial charge >= 0.3 is 5.97 Å². The van der Waals surface area contributed by atoms with E-state index in [0.717, 1.165) is 16.8 Å². The second kappa shape index (κ2) is 14.3. The minimum atomic E-state index is -1.25. The number of aliphatic hydroxyl groups excluding tert-OH is 1. The summed E-state index contributed by atoms with van der Waals surface area (Å²) >= 11 is 0. The zero-order valence-corrected chi connectivity index (χ0v) is 27.3. The van der Waals surface area contributed by atoms with Gasteiger partial charge in [0.2, 0.25) is 11.8 Å². The summed E-state index contributed by atoms with van der Waals surface area (Å²) in [7, 11) is 0. The number of para-hydroxylation sites is 1. The lowest BCUT2D eigenvalue weighted by Gasteiger charge is -2.41. The number of esters is 1. The molecule has 2 bridgehead atoms. The highest BCUT2D eigenvalue weighted by Gasteiger charge is 2.76. The summed E-state index contributed by atoms with van der Waals surface area (Å²) in [5, 5.41) is 13.4. The van der Waals surface area contributed by atoms with Crippen molar-refractivity contribution in [1.82, 2.24) is 10.2 Å². The topological polar surface area (TPSA) is 125 Å². The Morgan fingerprint density at radius 1 is 1.22 bits per heavy atom. The maximum absolute atomic E-state index is 14.9. The molecular formula is C35H49N3O7. The fraction of sp³-hybridized carbons (Fsp3) is 0.600. The largest absolute Gasteiger partial charge is 0.460 e. The minimum absolute atomic E-state index is 0.121. The van der Waals surface area contributed by atoms with Crippen molar-refractivity contribution >= 4 is 29.4 Å². The van der Waals surface area contributed by atoms with Gasteiger partial charge < -0.3 is 29.7 Å². The van der Waals surface area contributed by atoms with Gasteiger partial charge in [-0.1, -0.05) is 50.6 Å². The van der Waals surface area contributed by atoms with E-state index in [1.807, 2.05) is 45.9 Å². The molecule has 1 aromatic rings. The fourth-order valence-electron chi connectivity index (χ4n) is 7.51. The first-order valence-electron chi connectivity index (χ1n) is 16.1. The summed E-state index contributed by atoms with van der Waals surface area (Å²) in [6, 6.07) is 4.11. The van der Waals surface area contributed by atoms with E-state index in [4.69, 9.17) is 9.47 Å². The predicted molar refractivity (Wildman–Crippen MR) is 171 cm³/mol. The van der Waals surface area contributed by atoms with Crippen LogP contribution in [0, 0.1) is 31.6 Å². The van der Waals surface area contributed by atoms with E-state index in [1.54, 1.807) is 24.0 Å². The van der Waals surface area contributed by atoms with Crippen LogP contribution < -0.4 is 10.2 Å². The second-order valence-corrected chi connectivity index (χ2v) is 12.8. The van der Waals surface area contributed by atoms with Gasteiger partial charge in [0.15, 0.2) is 0 Å². The van der Waals surface area contributed by atoms with Crippen LogP contribution in [0.3, 0.4) is 0 Å². The van der Waals surface area contributed by atoms with Gasteiger partial charge in [0.05, 0.1) is 37.1 Å². The lowest BCUT2D eigenvalue weighted by atomic mass is 9.70. The van der Waals surface area contributed by atoms with Crippen LogP contribution in [0.2, 0.25) is 0 Å². The van der Waals surface area contributed by atoms with Crippen molar-refractivity contribution in [2.24, 2.45) is 17.8 Å². The van der Waals surface area contributed by atoms with Crippen molar-refractivity contribution in [2.75, 3.05) is 24.6 Å². The minimum Gasteiger partial charge on any atom is -0.460 e. The van der Waals surface area contributed by atoms with Gasteiger partial charge in [-0.05, 0) is 57.1 Å². The van der Waals surface area contributed by atoms with Crippen LogP contribution >= 0.6 is 0 Å². The van der Waals surface area contributed by atoms with Crippen molar-refractivity contribution < 1.29 is 33.8 Å². The molecule has 0 radical (unpaired) electrons.